The van der Waals surface area contributed by atoms with E-state index < -0.39 is 5.54 Å². The number of azo groups is 1. The van der Waals surface area contributed by atoms with Crippen LogP contribution in [0.2, 0.25) is 0 Å². The highest BCUT2D eigenvalue weighted by molar-refractivity contribution is 5.85. The molecule has 1 unspecified atom stereocenters. The molecule has 142 valence electrons. The van der Waals surface area contributed by atoms with Crippen LogP contribution in [0.1, 0.15) is 39.5 Å². The molecule has 1 saturated heterocycles. The lowest BCUT2D eigenvalue weighted by Crippen LogP contribution is -2.32. The van der Waals surface area contributed by atoms with Crippen molar-refractivity contribution in [3.63, 3.8) is 0 Å². The highest BCUT2D eigenvalue weighted by atomic mass is 16.5. The first-order chi connectivity index (χ1) is 13.1. The molecule has 0 aliphatic carbocycles. The Balaban J connectivity index is 1.61. The second kappa shape index (κ2) is 7.05. The number of piperidine rings is 1. The van der Waals surface area contributed by atoms with Crippen molar-refractivity contribution < 1.29 is 9.53 Å². The summed E-state index contributed by atoms with van der Waals surface area (Å²) in [5.74, 6) is 0.517. The van der Waals surface area contributed by atoms with Crippen molar-refractivity contribution in [2.24, 2.45) is 10.2 Å². The summed E-state index contributed by atoms with van der Waals surface area (Å²) in [5, 5.41) is 8.30. The molecule has 0 spiro atoms. The smallest absolute Gasteiger partial charge is 0.336 e. The standard InChI is InChI=1S/C18H23N7O2/c1-3-27-17(26)18(2)9-13(22-23-18)10-25-12-21-14-15(19-11-20-16(14)25)24-7-5-4-6-8-24/h10-12H,3-9H2,1-2H3/b13-10+. The number of rotatable bonds is 4. The van der Waals surface area contributed by atoms with Gasteiger partial charge in [-0.2, -0.15) is 10.2 Å². The van der Waals surface area contributed by atoms with E-state index >= 15 is 0 Å². The summed E-state index contributed by atoms with van der Waals surface area (Å²) in [6.45, 7) is 5.82. The lowest BCUT2D eigenvalue weighted by Gasteiger charge is -2.27. The van der Waals surface area contributed by atoms with E-state index in [1.54, 1.807) is 26.5 Å². The second-order valence-electron chi connectivity index (χ2n) is 7.06. The van der Waals surface area contributed by atoms with E-state index in [1.165, 1.54) is 19.3 Å². The molecule has 1 fully saturated rings. The third-order valence-corrected chi connectivity index (χ3v) is 4.92. The lowest BCUT2D eigenvalue weighted by molar-refractivity contribution is -0.148. The highest BCUT2D eigenvalue weighted by Crippen LogP contribution is 2.32. The average Bonchev–Trinajstić information content (AvgIpc) is 3.27. The van der Waals surface area contributed by atoms with Crippen LogP contribution in [0, 0.1) is 0 Å². The van der Waals surface area contributed by atoms with Gasteiger partial charge >= 0.3 is 5.97 Å². The SMILES string of the molecule is CCOC(=O)C1(C)C/C(=C\n2cnc3c(N4CCCCC4)ncnc32)N=N1. The van der Waals surface area contributed by atoms with Crippen LogP contribution in [0.3, 0.4) is 0 Å². The molecule has 0 bridgehead atoms. The summed E-state index contributed by atoms with van der Waals surface area (Å²) in [6, 6.07) is 0. The third-order valence-electron chi connectivity index (χ3n) is 4.92. The quantitative estimate of drug-likeness (QED) is 0.769. The Bertz CT molecular complexity index is 914. The molecule has 9 nitrogen and oxygen atoms in total. The zero-order valence-electron chi connectivity index (χ0n) is 15.6. The van der Waals surface area contributed by atoms with Crippen LogP contribution in [0.25, 0.3) is 17.4 Å². The molecule has 0 amide bonds. The van der Waals surface area contributed by atoms with Crippen molar-refractivity contribution >= 4 is 29.2 Å². The summed E-state index contributed by atoms with van der Waals surface area (Å²) in [6.07, 6.45) is 9.07. The van der Waals surface area contributed by atoms with Crippen LogP contribution < -0.4 is 4.90 Å². The maximum atomic E-state index is 12.1. The number of carbonyl (C=O) groups excluding carboxylic acids is 1. The second-order valence-corrected chi connectivity index (χ2v) is 7.06. The lowest BCUT2D eigenvalue weighted by atomic mass is 9.99. The molecule has 4 rings (SSSR count). The highest BCUT2D eigenvalue weighted by Gasteiger charge is 2.40. The summed E-state index contributed by atoms with van der Waals surface area (Å²) < 4.78 is 6.92. The molecule has 2 aliphatic heterocycles. The Labute approximate surface area is 157 Å². The fourth-order valence-corrected chi connectivity index (χ4v) is 3.50. The summed E-state index contributed by atoms with van der Waals surface area (Å²) in [4.78, 5) is 27.7. The largest absolute Gasteiger partial charge is 0.464 e. The number of hydrogen-bond acceptors (Lipinski definition) is 8. The minimum absolute atomic E-state index is 0.325. The molecule has 1 atom stereocenters. The molecule has 0 radical (unpaired) electrons. The van der Waals surface area contributed by atoms with Crippen molar-refractivity contribution in [2.45, 2.75) is 45.1 Å². The number of aromatic nitrogens is 4. The summed E-state index contributed by atoms with van der Waals surface area (Å²) >= 11 is 0. The van der Waals surface area contributed by atoms with E-state index in [4.69, 9.17) is 4.74 Å². The molecule has 2 aromatic rings. The van der Waals surface area contributed by atoms with Gasteiger partial charge in [-0.3, -0.25) is 4.57 Å². The van der Waals surface area contributed by atoms with Crippen LogP contribution in [0.4, 0.5) is 5.82 Å². The topological polar surface area (TPSA) is 97.9 Å². The van der Waals surface area contributed by atoms with E-state index in [0.29, 0.717) is 18.7 Å². The van der Waals surface area contributed by atoms with E-state index in [1.807, 2.05) is 10.8 Å². The van der Waals surface area contributed by atoms with Gasteiger partial charge in [0.2, 0.25) is 0 Å². The van der Waals surface area contributed by atoms with Crippen LogP contribution in [0.5, 0.6) is 0 Å². The Hall–Kier alpha value is -2.84. The maximum Gasteiger partial charge on any atom is 0.336 e. The number of anilines is 1. The third kappa shape index (κ3) is 3.29. The van der Waals surface area contributed by atoms with Gasteiger partial charge < -0.3 is 9.64 Å². The fourth-order valence-electron chi connectivity index (χ4n) is 3.50. The minimum atomic E-state index is -0.966. The van der Waals surface area contributed by atoms with Crippen LogP contribution in [-0.4, -0.2) is 50.7 Å². The monoisotopic (exact) mass is 369 g/mol. The predicted molar refractivity (Wildman–Crippen MR) is 100 cm³/mol. The van der Waals surface area contributed by atoms with Crippen molar-refractivity contribution in [3.05, 3.63) is 18.4 Å². The Morgan fingerprint density at radius 3 is 2.85 bits per heavy atom. The fraction of sp³-hybridized carbons (Fsp3) is 0.556. The molecule has 0 aromatic carbocycles. The van der Waals surface area contributed by atoms with Crippen molar-refractivity contribution in [1.82, 2.24) is 19.5 Å². The Morgan fingerprint density at radius 1 is 1.26 bits per heavy atom. The van der Waals surface area contributed by atoms with Gasteiger partial charge in [0.25, 0.3) is 0 Å². The molecule has 27 heavy (non-hydrogen) atoms. The molecule has 2 aliphatic rings. The molecule has 0 N–H and O–H groups in total. The number of imidazole rings is 1. The molecule has 4 heterocycles. The van der Waals surface area contributed by atoms with Crippen LogP contribution in [0.15, 0.2) is 28.6 Å². The Morgan fingerprint density at radius 2 is 2.07 bits per heavy atom. The predicted octanol–water partition coefficient (Wildman–Crippen LogP) is 2.79. The first kappa shape index (κ1) is 17.6. The van der Waals surface area contributed by atoms with Gasteiger partial charge in [-0.1, -0.05) is 0 Å². The zero-order chi connectivity index (χ0) is 18.9. The Kier molecular flexibility index (Phi) is 4.59. The van der Waals surface area contributed by atoms with E-state index in [9.17, 15) is 4.79 Å². The van der Waals surface area contributed by atoms with Crippen LogP contribution >= 0.6 is 0 Å². The van der Waals surface area contributed by atoms with Gasteiger partial charge in [0.1, 0.15) is 12.7 Å². The number of esters is 1. The average molecular weight is 369 g/mol. The minimum Gasteiger partial charge on any atom is -0.464 e. The summed E-state index contributed by atoms with van der Waals surface area (Å²) in [5.41, 5.74) is 1.21. The van der Waals surface area contributed by atoms with Crippen LogP contribution in [-0.2, 0) is 9.53 Å². The van der Waals surface area contributed by atoms with Gasteiger partial charge in [-0.25, -0.2) is 19.7 Å². The van der Waals surface area contributed by atoms with Gasteiger partial charge in [0.15, 0.2) is 22.5 Å². The zero-order valence-corrected chi connectivity index (χ0v) is 15.6. The van der Waals surface area contributed by atoms with Crippen molar-refractivity contribution in [1.29, 1.82) is 0 Å². The van der Waals surface area contributed by atoms with Gasteiger partial charge in [0, 0.05) is 25.7 Å². The molecular weight excluding hydrogens is 346 g/mol. The molecule has 2 aromatic heterocycles. The number of hydrogen-bond donors (Lipinski definition) is 0. The number of fused-ring (bicyclic) bond motifs is 1. The molecular formula is C18H23N7O2. The van der Waals surface area contributed by atoms with Gasteiger partial charge in [-0.15, -0.1) is 0 Å². The van der Waals surface area contributed by atoms with E-state index in [-0.39, 0.29) is 5.97 Å². The molecule has 9 heteroatoms. The van der Waals surface area contributed by atoms with Crippen molar-refractivity contribution in [2.75, 3.05) is 24.6 Å². The van der Waals surface area contributed by atoms with E-state index in [2.05, 4.69) is 30.1 Å². The maximum absolute atomic E-state index is 12.1. The number of carbonyl (C=O) groups is 1. The van der Waals surface area contributed by atoms with Gasteiger partial charge in [-0.05, 0) is 33.1 Å². The van der Waals surface area contributed by atoms with Crippen molar-refractivity contribution in [3.8, 4) is 0 Å². The number of ether oxygens (including phenoxy) is 1. The first-order valence-corrected chi connectivity index (χ1v) is 9.34. The first-order valence-electron chi connectivity index (χ1n) is 9.34. The van der Waals surface area contributed by atoms with Gasteiger partial charge in [0.05, 0.1) is 12.3 Å². The normalized spacial score (nSPS) is 24.1. The van der Waals surface area contributed by atoms with E-state index in [0.717, 1.165) is 30.1 Å². The summed E-state index contributed by atoms with van der Waals surface area (Å²) in [7, 11) is 0. The molecule has 0 saturated carbocycles. The number of nitrogens with zero attached hydrogens (tertiary/aromatic N) is 7.